The Balaban J connectivity index is 1.44. The Kier molecular flexibility index (Phi) is 6.51. The zero-order valence-corrected chi connectivity index (χ0v) is 15.5. The van der Waals surface area contributed by atoms with Gasteiger partial charge >= 0.3 is 0 Å². The number of carbonyl (C=O) groups is 1. The van der Waals surface area contributed by atoms with Gasteiger partial charge in [0.1, 0.15) is 12.4 Å². The Hall–Kier alpha value is -1.11. The number of hydrogen-bond donors (Lipinski definition) is 0. The van der Waals surface area contributed by atoms with Gasteiger partial charge in [-0.25, -0.2) is 0 Å². The maximum atomic E-state index is 12.6. The number of likely N-dealkylation sites (tertiary alicyclic amines) is 1. The van der Waals surface area contributed by atoms with Gasteiger partial charge in [0.25, 0.3) is 0 Å². The van der Waals surface area contributed by atoms with Gasteiger partial charge in [0, 0.05) is 30.7 Å². The first-order valence-corrected chi connectivity index (χ1v) is 9.49. The molecule has 6 heteroatoms. The van der Waals surface area contributed by atoms with Crippen molar-refractivity contribution >= 4 is 21.8 Å². The Bertz CT molecular complexity index is 549. The highest BCUT2D eigenvalue weighted by molar-refractivity contribution is 9.10. The molecule has 2 heterocycles. The van der Waals surface area contributed by atoms with Gasteiger partial charge in [-0.2, -0.15) is 0 Å². The second kappa shape index (κ2) is 8.83. The van der Waals surface area contributed by atoms with Crippen LogP contribution in [0.5, 0.6) is 5.75 Å². The maximum absolute atomic E-state index is 12.6. The minimum atomic E-state index is 0.128. The lowest BCUT2D eigenvalue weighted by Gasteiger charge is -2.36. The van der Waals surface area contributed by atoms with Gasteiger partial charge in [0.15, 0.2) is 0 Å². The van der Waals surface area contributed by atoms with E-state index in [9.17, 15) is 4.79 Å². The van der Waals surface area contributed by atoms with E-state index in [4.69, 9.17) is 9.47 Å². The lowest BCUT2D eigenvalue weighted by Crippen LogP contribution is -2.48. The predicted octanol–water partition coefficient (Wildman–Crippen LogP) is 2.40. The Morgan fingerprint density at radius 2 is 2.12 bits per heavy atom. The molecule has 3 rings (SSSR count). The number of hydrogen-bond acceptors (Lipinski definition) is 4. The molecule has 0 radical (unpaired) electrons. The maximum Gasteiger partial charge on any atom is 0.227 e. The topological polar surface area (TPSA) is 42.0 Å². The molecule has 0 N–H and O–H groups in total. The largest absolute Gasteiger partial charge is 0.492 e. The molecule has 2 saturated heterocycles. The molecular weight excluding hydrogens is 372 g/mol. The van der Waals surface area contributed by atoms with Gasteiger partial charge in [-0.3, -0.25) is 9.69 Å². The summed E-state index contributed by atoms with van der Waals surface area (Å²) in [6.07, 6.45) is 2.08. The van der Waals surface area contributed by atoms with Crippen molar-refractivity contribution in [1.82, 2.24) is 9.80 Å². The van der Waals surface area contributed by atoms with E-state index in [2.05, 4.69) is 20.8 Å². The van der Waals surface area contributed by atoms with Gasteiger partial charge in [0.05, 0.1) is 19.1 Å². The highest BCUT2D eigenvalue weighted by atomic mass is 79.9. The number of ether oxygens (including phenoxy) is 2. The van der Waals surface area contributed by atoms with E-state index in [0.29, 0.717) is 25.7 Å². The van der Waals surface area contributed by atoms with Crippen molar-refractivity contribution < 1.29 is 14.3 Å². The minimum absolute atomic E-state index is 0.128. The van der Waals surface area contributed by atoms with Gasteiger partial charge in [-0.1, -0.05) is 22.0 Å². The third-order valence-corrected chi connectivity index (χ3v) is 5.14. The van der Waals surface area contributed by atoms with Gasteiger partial charge in [-0.05, 0) is 37.6 Å². The van der Waals surface area contributed by atoms with Gasteiger partial charge in [0.2, 0.25) is 5.91 Å². The first-order chi connectivity index (χ1) is 11.7. The first-order valence-electron chi connectivity index (χ1n) is 8.69. The van der Waals surface area contributed by atoms with E-state index >= 15 is 0 Å². The summed E-state index contributed by atoms with van der Waals surface area (Å²) in [5.41, 5.74) is 0. The molecule has 0 bridgehead atoms. The number of benzene rings is 1. The molecule has 0 saturated carbocycles. The third-order valence-electron chi connectivity index (χ3n) is 4.65. The lowest BCUT2D eigenvalue weighted by molar-refractivity contribution is -0.141. The number of morpholine rings is 1. The third kappa shape index (κ3) is 4.94. The standard InChI is InChI=1S/C18H25BrN2O3/c19-16-4-1-5-17(13-16)24-12-7-20-6-2-3-15(14-20)18(22)21-8-10-23-11-9-21/h1,4-5,13,15H,2-3,6-12,14H2. The smallest absolute Gasteiger partial charge is 0.227 e. The van der Waals surface area contributed by atoms with Crippen LogP contribution in [0.2, 0.25) is 0 Å². The molecule has 0 aliphatic carbocycles. The fourth-order valence-corrected chi connectivity index (χ4v) is 3.73. The average Bonchev–Trinajstić information content (AvgIpc) is 2.62. The molecule has 2 aliphatic heterocycles. The predicted molar refractivity (Wildman–Crippen MR) is 96.2 cm³/mol. The van der Waals surface area contributed by atoms with Crippen LogP contribution in [0.4, 0.5) is 0 Å². The fraction of sp³-hybridized carbons (Fsp3) is 0.611. The zero-order valence-electron chi connectivity index (χ0n) is 14.0. The van der Waals surface area contributed by atoms with Crippen molar-refractivity contribution in [2.75, 3.05) is 52.5 Å². The summed E-state index contributed by atoms with van der Waals surface area (Å²) >= 11 is 3.45. The Morgan fingerprint density at radius 1 is 1.29 bits per heavy atom. The molecule has 0 aromatic heterocycles. The number of amides is 1. The van der Waals surface area contributed by atoms with E-state index in [-0.39, 0.29) is 5.92 Å². The fourth-order valence-electron chi connectivity index (χ4n) is 3.35. The van der Waals surface area contributed by atoms with Crippen LogP contribution in [0.3, 0.4) is 0 Å². The number of carbonyl (C=O) groups excluding carboxylic acids is 1. The van der Waals surface area contributed by atoms with Crippen LogP contribution in [0.1, 0.15) is 12.8 Å². The second-order valence-electron chi connectivity index (χ2n) is 6.38. The molecule has 1 amide bonds. The Labute approximate surface area is 152 Å². The quantitative estimate of drug-likeness (QED) is 0.766. The molecule has 0 spiro atoms. The molecule has 1 unspecified atom stereocenters. The summed E-state index contributed by atoms with van der Waals surface area (Å²) in [4.78, 5) is 17.0. The van der Waals surface area contributed by atoms with Crippen LogP contribution in [0, 0.1) is 5.92 Å². The van der Waals surface area contributed by atoms with E-state index in [0.717, 1.165) is 55.8 Å². The molecule has 24 heavy (non-hydrogen) atoms. The van der Waals surface area contributed by atoms with Crippen molar-refractivity contribution in [3.63, 3.8) is 0 Å². The normalized spacial score (nSPS) is 22.4. The first kappa shape index (κ1) is 17.7. The van der Waals surface area contributed by atoms with E-state index in [1.54, 1.807) is 0 Å². The van der Waals surface area contributed by atoms with E-state index in [1.165, 1.54) is 0 Å². The molecule has 1 atom stereocenters. The van der Waals surface area contributed by atoms with Gasteiger partial charge < -0.3 is 14.4 Å². The molecule has 132 valence electrons. The van der Waals surface area contributed by atoms with Crippen LogP contribution in [-0.2, 0) is 9.53 Å². The zero-order chi connectivity index (χ0) is 16.8. The van der Waals surface area contributed by atoms with E-state index < -0.39 is 0 Å². The summed E-state index contributed by atoms with van der Waals surface area (Å²) < 4.78 is 12.2. The molecular formula is C18H25BrN2O3. The second-order valence-corrected chi connectivity index (χ2v) is 7.30. The Morgan fingerprint density at radius 3 is 2.92 bits per heavy atom. The molecule has 2 aliphatic rings. The SMILES string of the molecule is O=C(C1CCCN(CCOc2cccc(Br)c2)C1)N1CCOCC1. The number of nitrogens with zero attached hydrogens (tertiary/aromatic N) is 2. The van der Waals surface area contributed by atoms with Crippen molar-refractivity contribution in [2.45, 2.75) is 12.8 Å². The van der Waals surface area contributed by atoms with Crippen molar-refractivity contribution in [3.8, 4) is 5.75 Å². The molecule has 1 aromatic rings. The highest BCUT2D eigenvalue weighted by Crippen LogP contribution is 2.20. The minimum Gasteiger partial charge on any atom is -0.492 e. The molecule has 1 aromatic carbocycles. The van der Waals surface area contributed by atoms with Crippen molar-refractivity contribution in [3.05, 3.63) is 28.7 Å². The lowest BCUT2D eigenvalue weighted by atomic mass is 9.96. The summed E-state index contributed by atoms with van der Waals surface area (Å²) in [5, 5.41) is 0. The van der Waals surface area contributed by atoms with E-state index in [1.807, 2.05) is 29.2 Å². The summed E-state index contributed by atoms with van der Waals surface area (Å²) in [6.45, 7) is 6.22. The van der Waals surface area contributed by atoms with Crippen molar-refractivity contribution in [2.24, 2.45) is 5.92 Å². The summed E-state index contributed by atoms with van der Waals surface area (Å²) in [6, 6.07) is 7.89. The summed E-state index contributed by atoms with van der Waals surface area (Å²) in [5.74, 6) is 1.31. The van der Waals surface area contributed by atoms with Crippen LogP contribution >= 0.6 is 15.9 Å². The van der Waals surface area contributed by atoms with Crippen LogP contribution in [-0.4, -0.2) is 68.3 Å². The monoisotopic (exact) mass is 396 g/mol. The average molecular weight is 397 g/mol. The van der Waals surface area contributed by atoms with Crippen LogP contribution in [0.25, 0.3) is 0 Å². The van der Waals surface area contributed by atoms with Crippen LogP contribution < -0.4 is 4.74 Å². The molecule has 5 nitrogen and oxygen atoms in total. The van der Waals surface area contributed by atoms with Gasteiger partial charge in [-0.15, -0.1) is 0 Å². The van der Waals surface area contributed by atoms with Crippen LogP contribution in [0.15, 0.2) is 28.7 Å². The van der Waals surface area contributed by atoms with Crippen molar-refractivity contribution in [1.29, 1.82) is 0 Å². The highest BCUT2D eigenvalue weighted by Gasteiger charge is 2.29. The number of rotatable bonds is 5. The number of piperidine rings is 1. The molecule has 2 fully saturated rings. The number of halogens is 1. The summed E-state index contributed by atoms with van der Waals surface area (Å²) in [7, 11) is 0.